The Morgan fingerprint density at radius 2 is 1.77 bits per heavy atom. The highest BCUT2D eigenvalue weighted by Gasteiger charge is 2.22. The molecule has 0 N–H and O–H groups in total. The zero-order valence-corrected chi connectivity index (χ0v) is 17.8. The monoisotopic (exact) mass is 406 g/mol. The van der Waals surface area contributed by atoms with Crippen molar-refractivity contribution in [2.75, 3.05) is 14.2 Å². The molecule has 0 spiro atoms. The van der Waals surface area contributed by atoms with Crippen molar-refractivity contribution in [3.8, 4) is 34.4 Å². The fourth-order valence-corrected chi connectivity index (χ4v) is 3.90. The Labute approximate surface area is 176 Å². The van der Waals surface area contributed by atoms with Gasteiger partial charge in [0.1, 0.15) is 5.75 Å². The van der Waals surface area contributed by atoms with Crippen LogP contribution in [0.5, 0.6) is 23.1 Å². The average Bonchev–Trinajstić information content (AvgIpc) is 2.73. The molecule has 30 heavy (non-hydrogen) atoms. The van der Waals surface area contributed by atoms with E-state index in [1.54, 1.807) is 18.8 Å². The maximum atomic E-state index is 12.7. The van der Waals surface area contributed by atoms with E-state index in [2.05, 4.69) is 18.8 Å². The number of rotatable bonds is 6. The molecule has 6 heteroatoms. The number of hydrogen-bond acceptors (Lipinski definition) is 5. The normalized spacial score (nSPS) is 12.3. The van der Waals surface area contributed by atoms with Crippen LogP contribution in [0.3, 0.4) is 0 Å². The molecule has 0 atom stereocenters. The van der Waals surface area contributed by atoms with Crippen molar-refractivity contribution in [1.29, 1.82) is 0 Å². The molecule has 6 nitrogen and oxygen atoms in total. The number of aromatic nitrogens is 2. The van der Waals surface area contributed by atoms with Crippen LogP contribution in [0.4, 0.5) is 0 Å². The van der Waals surface area contributed by atoms with Crippen LogP contribution < -0.4 is 19.9 Å². The zero-order valence-electron chi connectivity index (χ0n) is 17.8. The molecule has 156 valence electrons. The summed E-state index contributed by atoms with van der Waals surface area (Å²) in [5.74, 6) is 2.82. The zero-order chi connectivity index (χ0) is 21.3. The molecule has 0 saturated carbocycles. The summed E-state index contributed by atoms with van der Waals surface area (Å²) in [6.07, 6.45) is 1.61. The molecule has 0 bridgehead atoms. The van der Waals surface area contributed by atoms with Crippen molar-refractivity contribution in [2.45, 2.75) is 33.2 Å². The molecule has 4 rings (SSSR count). The predicted octanol–water partition coefficient (Wildman–Crippen LogP) is 4.47. The van der Waals surface area contributed by atoms with E-state index in [4.69, 9.17) is 14.2 Å². The molecule has 0 aliphatic carbocycles. The first-order chi connectivity index (χ1) is 14.5. The first-order valence-corrected chi connectivity index (χ1v) is 10.1. The minimum atomic E-state index is -0.315. The molecule has 0 fully saturated rings. The van der Waals surface area contributed by atoms with Crippen molar-refractivity contribution in [2.24, 2.45) is 5.92 Å². The molecule has 0 radical (unpaired) electrons. The molecule has 1 aliphatic heterocycles. The Morgan fingerprint density at radius 1 is 1.03 bits per heavy atom. The first kappa shape index (κ1) is 20.0. The fourth-order valence-electron chi connectivity index (χ4n) is 3.90. The number of hydrogen-bond donors (Lipinski definition) is 0. The van der Waals surface area contributed by atoms with Crippen LogP contribution in [0.2, 0.25) is 0 Å². The molecule has 0 unspecified atom stereocenters. The van der Waals surface area contributed by atoms with Gasteiger partial charge in [0.15, 0.2) is 11.5 Å². The minimum absolute atomic E-state index is 0.296. The average molecular weight is 406 g/mol. The molecule has 2 heterocycles. The predicted molar refractivity (Wildman–Crippen MR) is 116 cm³/mol. The lowest BCUT2D eigenvalue weighted by Gasteiger charge is -2.23. The third-order valence-electron chi connectivity index (χ3n) is 5.29. The molecule has 1 aromatic heterocycles. The Bertz CT molecular complexity index is 1130. The third kappa shape index (κ3) is 3.77. The summed E-state index contributed by atoms with van der Waals surface area (Å²) in [4.78, 5) is 16.9. The van der Waals surface area contributed by atoms with Crippen LogP contribution in [0.25, 0.3) is 11.3 Å². The van der Waals surface area contributed by atoms with Gasteiger partial charge < -0.3 is 14.2 Å². The van der Waals surface area contributed by atoms with Gasteiger partial charge in [0, 0.05) is 18.2 Å². The maximum Gasteiger partial charge on any atom is 0.351 e. The molecule has 2 aromatic carbocycles. The number of methoxy groups -OCH3 is 2. The van der Waals surface area contributed by atoms with Crippen molar-refractivity contribution in [3.05, 3.63) is 64.1 Å². The van der Waals surface area contributed by atoms with Gasteiger partial charge in [-0.05, 0) is 48.1 Å². The van der Waals surface area contributed by atoms with Gasteiger partial charge in [-0.2, -0.15) is 4.98 Å². The SMILES string of the molecule is COc1cc2c(cc1OC)-c1cc(Oc3ccccc3CC(C)C)nc(=O)n1CC2. The van der Waals surface area contributed by atoms with Crippen LogP contribution in [0.15, 0.2) is 47.3 Å². The number of ether oxygens (including phenoxy) is 3. The lowest BCUT2D eigenvalue weighted by Crippen LogP contribution is -2.28. The second-order valence-corrected chi connectivity index (χ2v) is 7.84. The highest BCUT2D eigenvalue weighted by atomic mass is 16.5. The van der Waals surface area contributed by atoms with Gasteiger partial charge in [-0.15, -0.1) is 0 Å². The Balaban J connectivity index is 1.78. The molecule has 0 amide bonds. The van der Waals surface area contributed by atoms with E-state index >= 15 is 0 Å². The topological polar surface area (TPSA) is 62.6 Å². The standard InChI is InChI=1S/C24H26N2O4/c1-15(2)11-17-7-5-6-8-20(17)30-23-14-19-18-13-22(29-4)21(28-3)12-16(18)9-10-26(19)24(27)25-23/h5-8,12-15H,9-11H2,1-4H3. The summed E-state index contributed by atoms with van der Waals surface area (Å²) in [7, 11) is 3.23. The molecular formula is C24H26N2O4. The van der Waals surface area contributed by atoms with Crippen LogP contribution >= 0.6 is 0 Å². The summed E-state index contributed by atoms with van der Waals surface area (Å²) >= 11 is 0. The van der Waals surface area contributed by atoms with E-state index in [0.29, 0.717) is 29.8 Å². The van der Waals surface area contributed by atoms with Gasteiger partial charge >= 0.3 is 5.69 Å². The van der Waals surface area contributed by atoms with E-state index in [1.165, 1.54) is 0 Å². The molecule has 1 aliphatic rings. The Hall–Kier alpha value is -3.28. The molecule has 0 saturated heterocycles. The number of nitrogens with zero attached hydrogens (tertiary/aromatic N) is 2. The van der Waals surface area contributed by atoms with Crippen molar-refractivity contribution in [1.82, 2.24) is 9.55 Å². The second-order valence-electron chi connectivity index (χ2n) is 7.84. The number of benzene rings is 2. The summed E-state index contributed by atoms with van der Waals surface area (Å²) in [6.45, 7) is 4.89. The second kappa shape index (κ2) is 8.22. The highest BCUT2D eigenvalue weighted by Crippen LogP contribution is 2.39. The minimum Gasteiger partial charge on any atom is -0.493 e. The Kier molecular flexibility index (Phi) is 5.48. The Morgan fingerprint density at radius 3 is 2.50 bits per heavy atom. The van der Waals surface area contributed by atoms with Gasteiger partial charge in [-0.3, -0.25) is 4.57 Å². The first-order valence-electron chi connectivity index (χ1n) is 10.1. The smallest absolute Gasteiger partial charge is 0.351 e. The van der Waals surface area contributed by atoms with Crippen LogP contribution in [-0.4, -0.2) is 23.8 Å². The van der Waals surface area contributed by atoms with Crippen LogP contribution in [0.1, 0.15) is 25.0 Å². The lowest BCUT2D eigenvalue weighted by molar-refractivity contribution is 0.354. The van der Waals surface area contributed by atoms with Crippen LogP contribution in [-0.2, 0) is 19.4 Å². The van der Waals surface area contributed by atoms with Crippen LogP contribution in [0, 0.1) is 5.92 Å². The number of fused-ring (bicyclic) bond motifs is 3. The van der Waals surface area contributed by atoms with Gasteiger partial charge in [0.2, 0.25) is 5.88 Å². The van der Waals surface area contributed by atoms with E-state index in [9.17, 15) is 4.79 Å². The van der Waals surface area contributed by atoms with Gasteiger partial charge in [0.05, 0.1) is 19.9 Å². The maximum absolute atomic E-state index is 12.7. The summed E-state index contributed by atoms with van der Waals surface area (Å²) in [5, 5.41) is 0. The van der Waals surface area contributed by atoms with Gasteiger partial charge in [-0.1, -0.05) is 32.0 Å². The summed E-state index contributed by atoms with van der Waals surface area (Å²) < 4.78 is 18.7. The fraction of sp³-hybridized carbons (Fsp3) is 0.333. The number of aryl methyl sites for hydroxylation is 1. The third-order valence-corrected chi connectivity index (χ3v) is 5.29. The van der Waals surface area contributed by atoms with E-state index < -0.39 is 0 Å². The van der Waals surface area contributed by atoms with E-state index in [-0.39, 0.29) is 5.69 Å². The van der Waals surface area contributed by atoms with E-state index in [0.717, 1.165) is 41.0 Å². The van der Waals surface area contributed by atoms with Crippen molar-refractivity contribution < 1.29 is 14.2 Å². The molecular weight excluding hydrogens is 380 g/mol. The quantitative estimate of drug-likeness (QED) is 0.604. The lowest BCUT2D eigenvalue weighted by atomic mass is 9.97. The summed E-state index contributed by atoms with van der Waals surface area (Å²) in [5.41, 5.74) is 3.58. The largest absolute Gasteiger partial charge is 0.493 e. The van der Waals surface area contributed by atoms with Crippen molar-refractivity contribution >= 4 is 0 Å². The highest BCUT2D eigenvalue weighted by molar-refractivity contribution is 5.70. The summed E-state index contributed by atoms with van der Waals surface area (Å²) in [6, 6.07) is 13.6. The molecule has 3 aromatic rings. The van der Waals surface area contributed by atoms with Gasteiger partial charge in [0.25, 0.3) is 0 Å². The van der Waals surface area contributed by atoms with Gasteiger partial charge in [-0.25, -0.2) is 4.79 Å². The van der Waals surface area contributed by atoms with E-state index in [1.807, 2.05) is 42.5 Å². The number of para-hydroxylation sites is 1. The van der Waals surface area contributed by atoms with Crippen molar-refractivity contribution in [3.63, 3.8) is 0 Å².